The zero-order chi connectivity index (χ0) is 5.11. The van der Waals surface area contributed by atoms with Crippen LogP contribution in [0.4, 0.5) is 0 Å². The minimum Gasteiger partial charge on any atom is -0.348 e. The van der Waals surface area contributed by atoms with Crippen molar-refractivity contribution in [1.29, 1.82) is 0 Å². The third-order valence-corrected chi connectivity index (χ3v) is 0.684. The van der Waals surface area contributed by atoms with E-state index in [1.54, 1.807) is 0 Å². The van der Waals surface area contributed by atoms with Crippen LogP contribution in [-0.4, -0.2) is 18.8 Å². The van der Waals surface area contributed by atoms with Crippen molar-refractivity contribution in [3.63, 3.8) is 0 Å². The number of amidine groups is 1. The van der Waals surface area contributed by atoms with E-state index in [9.17, 15) is 0 Å². The van der Waals surface area contributed by atoms with Gasteiger partial charge in [0.15, 0.2) is 6.34 Å². The van der Waals surface area contributed by atoms with Crippen LogP contribution in [0.1, 0.15) is 6.92 Å². The van der Waals surface area contributed by atoms with Gasteiger partial charge < -0.3 is 5.32 Å². The van der Waals surface area contributed by atoms with Crippen molar-refractivity contribution in [1.82, 2.24) is 5.32 Å². The minimum absolute atomic E-state index is 0.620. The molecule has 0 unspecified atom stereocenters. The maximum atomic E-state index is 3.91. The summed E-state index contributed by atoms with van der Waals surface area (Å²) in [5.74, 6) is 0.791. The van der Waals surface area contributed by atoms with E-state index in [1.165, 1.54) is 0 Å². The molecule has 0 amide bonds. The molecule has 1 N–H and O–H groups in total. The molecular formula is C4H6N3. The number of aliphatic imine (C=N–C) groups is 2. The molecule has 0 atom stereocenters. The molecule has 0 bridgehead atoms. The summed E-state index contributed by atoms with van der Waals surface area (Å²) in [5, 5.41) is 2.71. The fraction of sp³-hybridized carbons (Fsp3) is 0.500. The second-order valence-electron chi connectivity index (χ2n) is 1.26. The predicted octanol–water partition coefficient (Wildman–Crippen LogP) is -0.129. The van der Waals surface area contributed by atoms with Crippen molar-refractivity contribution in [3.8, 4) is 0 Å². The molecule has 0 aromatic heterocycles. The monoisotopic (exact) mass is 96.1 g/mol. The SMILES string of the molecule is CC1=NCN[C]=N1. The van der Waals surface area contributed by atoms with Crippen LogP contribution in [0.2, 0.25) is 0 Å². The molecule has 1 aliphatic heterocycles. The first-order valence-electron chi connectivity index (χ1n) is 2.09. The normalized spacial score (nSPS) is 18.1. The van der Waals surface area contributed by atoms with Gasteiger partial charge in [0.05, 0.1) is 0 Å². The Balaban J connectivity index is 2.58. The molecule has 0 aromatic rings. The van der Waals surface area contributed by atoms with Gasteiger partial charge in [-0.1, -0.05) is 0 Å². The van der Waals surface area contributed by atoms with Crippen LogP contribution in [0.25, 0.3) is 0 Å². The lowest BCUT2D eigenvalue weighted by Gasteiger charge is -1.98. The van der Waals surface area contributed by atoms with Crippen molar-refractivity contribution in [3.05, 3.63) is 0 Å². The predicted molar refractivity (Wildman–Crippen MR) is 28.5 cm³/mol. The van der Waals surface area contributed by atoms with Gasteiger partial charge in [-0.05, 0) is 6.92 Å². The molecule has 0 saturated carbocycles. The van der Waals surface area contributed by atoms with E-state index >= 15 is 0 Å². The summed E-state index contributed by atoms with van der Waals surface area (Å²) in [6, 6.07) is 0. The Labute approximate surface area is 42.2 Å². The summed E-state index contributed by atoms with van der Waals surface area (Å²) in [6.45, 7) is 2.46. The summed E-state index contributed by atoms with van der Waals surface area (Å²) < 4.78 is 0. The van der Waals surface area contributed by atoms with E-state index in [-0.39, 0.29) is 0 Å². The highest BCUT2D eigenvalue weighted by atomic mass is 15.1. The Morgan fingerprint density at radius 2 is 2.71 bits per heavy atom. The molecule has 3 nitrogen and oxygen atoms in total. The molecule has 0 fully saturated rings. The molecule has 7 heavy (non-hydrogen) atoms. The maximum absolute atomic E-state index is 3.91. The summed E-state index contributed by atoms with van der Waals surface area (Å²) >= 11 is 0. The molecule has 3 heteroatoms. The van der Waals surface area contributed by atoms with E-state index < -0.39 is 0 Å². The molecule has 0 spiro atoms. The molecule has 1 aliphatic rings. The molecule has 0 aliphatic carbocycles. The van der Waals surface area contributed by atoms with Gasteiger partial charge in [0.1, 0.15) is 12.5 Å². The molecule has 0 aromatic carbocycles. The first-order valence-corrected chi connectivity index (χ1v) is 2.09. The van der Waals surface area contributed by atoms with Gasteiger partial charge >= 0.3 is 0 Å². The zero-order valence-corrected chi connectivity index (χ0v) is 4.10. The third kappa shape index (κ3) is 0.994. The van der Waals surface area contributed by atoms with Gasteiger partial charge in [-0.15, -0.1) is 0 Å². The molecule has 0 saturated heterocycles. The lowest BCUT2D eigenvalue weighted by Crippen LogP contribution is -2.16. The second kappa shape index (κ2) is 1.73. The molecule has 37 valence electrons. The Hall–Kier alpha value is -0.860. The van der Waals surface area contributed by atoms with Crippen LogP contribution in [-0.2, 0) is 0 Å². The summed E-state index contributed by atoms with van der Waals surface area (Å²) in [5.41, 5.74) is 0. The highest BCUT2D eigenvalue weighted by Gasteiger charge is 1.87. The van der Waals surface area contributed by atoms with Crippen LogP contribution >= 0.6 is 0 Å². The third-order valence-electron chi connectivity index (χ3n) is 0.684. The minimum atomic E-state index is 0.620. The quantitative estimate of drug-likeness (QED) is 0.448. The lowest BCUT2D eigenvalue weighted by atomic mass is 10.7. The largest absolute Gasteiger partial charge is 0.348 e. The van der Waals surface area contributed by atoms with Crippen molar-refractivity contribution in [2.24, 2.45) is 9.98 Å². The van der Waals surface area contributed by atoms with Crippen molar-refractivity contribution in [2.45, 2.75) is 6.92 Å². The highest BCUT2D eigenvalue weighted by molar-refractivity contribution is 5.88. The molecule has 1 heterocycles. The summed E-state index contributed by atoms with van der Waals surface area (Å²) in [4.78, 5) is 7.62. The van der Waals surface area contributed by atoms with Crippen LogP contribution < -0.4 is 5.32 Å². The van der Waals surface area contributed by atoms with Gasteiger partial charge in [0.25, 0.3) is 0 Å². The molecule has 1 rings (SSSR count). The van der Waals surface area contributed by atoms with Crippen LogP contribution in [0.15, 0.2) is 9.98 Å². The Bertz CT molecular complexity index is 114. The Morgan fingerprint density at radius 3 is 3.00 bits per heavy atom. The number of hydrogen-bond donors (Lipinski definition) is 1. The topological polar surface area (TPSA) is 36.8 Å². The average Bonchev–Trinajstić information content (AvgIpc) is 1.69. The van der Waals surface area contributed by atoms with Gasteiger partial charge in [-0.2, -0.15) is 0 Å². The molecule has 1 radical (unpaired) electrons. The van der Waals surface area contributed by atoms with Crippen molar-refractivity contribution in [2.75, 3.05) is 6.67 Å². The van der Waals surface area contributed by atoms with Crippen molar-refractivity contribution >= 4 is 12.2 Å². The lowest BCUT2D eigenvalue weighted by molar-refractivity contribution is 0.924. The fourth-order valence-corrected chi connectivity index (χ4v) is 0.345. The maximum Gasteiger partial charge on any atom is 0.172 e. The van der Waals surface area contributed by atoms with E-state index in [4.69, 9.17) is 0 Å². The standard InChI is InChI=1S/C4H6N3/c1-4-6-2-5-3-7-4/h2H2,1H3,(H,5,6,7). The van der Waals surface area contributed by atoms with E-state index in [0.29, 0.717) is 6.67 Å². The Morgan fingerprint density at radius 1 is 1.86 bits per heavy atom. The highest BCUT2D eigenvalue weighted by Crippen LogP contribution is 1.79. The van der Waals surface area contributed by atoms with Gasteiger partial charge in [-0.3, -0.25) is 0 Å². The summed E-state index contributed by atoms with van der Waals surface area (Å²) in [7, 11) is 0. The zero-order valence-electron chi connectivity index (χ0n) is 4.10. The number of hydrogen-bond acceptors (Lipinski definition) is 3. The Kier molecular flexibility index (Phi) is 1.06. The van der Waals surface area contributed by atoms with Crippen LogP contribution in [0.3, 0.4) is 0 Å². The van der Waals surface area contributed by atoms with Gasteiger partial charge in [0, 0.05) is 0 Å². The van der Waals surface area contributed by atoms with Gasteiger partial charge in [0.2, 0.25) is 0 Å². The van der Waals surface area contributed by atoms with E-state index in [0.717, 1.165) is 5.84 Å². The first-order chi connectivity index (χ1) is 3.39. The smallest absolute Gasteiger partial charge is 0.172 e. The summed E-state index contributed by atoms with van der Waals surface area (Å²) in [6.07, 6.45) is 2.58. The van der Waals surface area contributed by atoms with E-state index in [1.807, 2.05) is 6.92 Å². The molecular weight excluding hydrogens is 90.1 g/mol. The number of nitrogens with zero attached hydrogens (tertiary/aromatic N) is 2. The fourth-order valence-electron chi connectivity index (χ4n) is 0.345. The first kappa shape index (κ1) is 4.30. The van der Waals surface area contributed by atoms with Crippen LogP contribution in [0.5, 0.6) is 0 Å². The average molecular weight is 96.1 g/mol. The van der Waals surface area contributed by atoms with Crippen LogP contribution in [0, 0.1) is 0 Å². The number of nitrogens with one attached hydrogen (secondary N) is 1. The second-order valence-corrected chi connectivity index (χ2v) is 1.26. The van der Waals surface area contributed by atoms with Gasteiger partial charge in [-0.25, -0.2) is 9.98 Å². The number of rotatable bonds is 0. The van der Waals surface area contributed by atoms with E-state index in [2.05, 4.69) is 21.6 Å². The van der Waals surface area contributed by atoms with Crippen molar-refractivity contribution < 1.29 is 0 Å².